The highest BCUT2D eigenvalue weighted by atomic mass is 127. The zero-order valence-electron chi connectivity index (χ0n) is 9.02. The highest BCUT2D eigenvalue weighted by Gasteiger charge is 2.08. The molecule has 7 heteroatoms. The van der Waals surface area contributed by atoms with Gasteiger partial charge in [0.05, 0.1) is 9.26 Å². The Morgan fingerprint density at radius 2 is 2.17 bits per heavy atom. The molecule has 94 valence electrons. The van der Waals surface area contributed by atoms with Crippen molar-refractivity contribution in [3.05, 3.63) is 53.2 Å². The van der Waals surface area contributed by atoms with Crippen molar-refractivity contribution in [1.82, 2.24) is 0 Å². The molecule has 4 nitrogen and oxygen atoms in total. The van der Waals surface area contributed by atoms with Crippen LogP contribution in [0.4, 0.5) is 11.4 Å². The van der Waals surface area contributed by atoms with E-state index in [-0.39, 0.29) is 5.69 Å². The molecule has 0 aliphatic carbocycles. The molecule has 0 unspecified atom stereocenters. The zero-order chi connectivity index (χ0) is 13.1. The van der Waals surface area contributed by atoms with E-state index in [1.54, 1.807) is 12.1 Å². The van der Waals surface area contributed by atoms with Gasteiger partial charge < -0.3 is 5.32 Å². The van der Waals surface area contributed by atoms with Gasteiger partial charge in [0.25, 0.3) is 5.69 Å². The van der Waals surface area contributed by atoms with Crippen molar-refractivity contribution in [3.8, 4) is 0 Å². The molecule has 2 aromatic rings. The van der Waals surface area contributed by atoms with E-state index in [4.69, 9.17) is 11.6 Å². The second-order valence-electron chi connectivity index (χ2n) is 3.48. The Hall–Kier alpha value is -0.860. The summed E-state index contributed by atoms with van der Waals surface area (Å²) in [5, 5.41) is 13.8. The number of hydrogen-bond donors (Lipinski definition) is 1. The number of thiophene rings is 1. The summed E-state index contributed by atoms with van der Waals surface area (Å²) in [4.78, 5) is 11.3. The quantitative estimate of drug-likeness (QED) is 0.471. The van der Waals surface area contributed by atoms with Crippen LogP contribution in [0.25, 0.3) is 0 Å². The van der Waals surface area contributed by atoms with Crippen LogP contribution in [0.2, 0.25) is 4.34 Å². The standard InChI is InChI=1S/C11H8ClIN2O2S/c12-11-4-2-8(18-11)6-14-10-3-1-7(15(16)17)5-9(10)13/h1-5,14H,6H2. The fourth-order valence-electron chi connectivity index (χ4n) is 1.39. The van der Waals surface area contributed by atoms with Crippen LogP contribution < -0.4 is 5.32 Å². The van der Waals surface area contributed by atoms with Crippen molar-refractivity contribution in [1.29, 1.82) is 0 Å². The third-order valence-corrected chi connectivity index (χ3v) is 4.37. The normalized spacial score (nSPS) is 10.3. The lowest BCUT2D eigenvalue weighted by Crippen LogP contribution is -2.00. The van der Waals surface area contributed by atoms with Gasteiger partial charge in [-0.3, -0.25) is 10.1 Å². The fraction of sp³-hybridized carbons (Fsp3) is 0.0909. The van der Waals surface area contributed by atoms with E-state index in [1.807, 2.05) is 12.1 Å². The van der Waals surface area contributed by atoms with Crippen LogP contribution >= 0.6 is 45.5 Å². The van der Waals surface area contributed by atoms with Gasteiger partial charge in [0, 0.05) is 32.8 Å². The summed E-state index contributed by atoms with van der Waals surface area (Å²) in [6, 6.07) is 8.56. The molecule has 1 N–H and O–H groups in total. The van der Waals surface area contributed by atoms with Gasteiger partial charge in [0.15, 0.2) is 0 Å². The minimum Gasteiger partial charge on any atom is -0.379 e. The maximum absolute atomic E-state index is 10.6. The highest BCUT2D eigenvalue weighted by Crippen LogP contribution is 2.26. The van der Waals surface area contributed by atoms with E-state index in [2.05, 4.69) is 27.9 Å². The van der Waals surface area contributed by atoms with E-state index >= 15 is 0 Å². The summed E-state index contributed by atoms with van der Waals surface area (Å²) in [5.74, 6) is 0. The summed E-state index contributed by atoms with van der Waals surface area (Å²) in [5.41, 5.74) is 0.981. The molecular formula is C11H8ClIN2O2S. The van der Waals surface area contributed by atoms with Gasteiger partial charge in [-0.1, -0.05) is 11.6 Å². The molecule has 0 saturated carbocycles. The minimum absolute atomic E-state index is 0.101. The summed E-state index contributed by atoms with van der Waals surface area (Å²) in [7, 11) is 0. The molecular weight excluding hydrogens is 387 g/mol. The number of nitro benzene ring substituents is 1. The number of hydrogen-bond acceptors (Lipinski definition) is 4. The minimum atomic E-state index is -0.398. The van der Waals surface area contributed by atoms with Crippen LogP contribution in [0.1, 0.15) is 4.88 Å². The van der Waals surface area contributed by atoms with Gasteiger partial charge in [0.1, 0.15) is 0 Å². The van der Waals surface area contributed by atoms with Gasteiger partial charge in [0.2, 0.25) is 0 Å². The molecule has 0 aliphatic rings. The fourth-order valence-corrected chi connectivity index (χ4v) is 3.11. The van der Waals surface area contributed by atoms with Crippen molar-refractivity contribution in [2.75, 3.05) is 5.32 Å². The number of rotatable bonds is 4. The number of non-ortho nitro benzene ring substituents is 1. The Morgan fingerprint density at radius 3 is 2.72 bits per heavy atom. The summed E-state index contributed by atoms with van der Waals surface area (Å²) in [6.45, 7) is 0.658. The number of nitrogens with zero attached hydrogens (tertiary/aromatic N) is 1. The second-order valence-corrected chi connectivity index (χ2v) is 6.44. The highest BCUT2D eigenvalue weighted by molar-refractivity contribution is 14.1. The molecule has 18 heavy (non-hydrogen) atoms. The maximum atomic E-state index is 10.6. The number of benzene rings is 1. The molecule has 0 aliphatic heterocycles. The topological polar surface area (TPSA) is 55.2 Å². The van der Waals surface area contributed by atoms with Crippen LogP contribution in [0.5, 0.6) is 0 Å². The smallest absolute Gasteiger partial charge is 0.270 e. The van der Waals surface area contributed by atoms with Crippen molar-refractivity contribution in [2.45, 2.75) is 6.54 Å². The molecule has 0 amide bonds. The van der Waals surface area contributed by atoms with E-state index in [0.29, 0.717) is 6.54 Å². The van der Waals surface area contributed by atoms with Crippen molar-refractivity contribution in [3.63, 3.8) is 0 Å². The lowest BCUT2D eigenvalue weighted by atomic mass is 10.3. The van der Waals surface area contributed by atoms with E-state index in [1.165, 1.54) is 17.4 Å². The number of anilines is 1. The SMILES string of the molecule is O=[N+]([O-])c1ccc(NCc2ccc(Cl)s2)c(I)c1. The summed E-state index contributed by atoms with van der Waals surface area (Å²) >= 11 is 9.43. The first-order valence-corrected chi connectivity index (χ1v) is 7.25. The zero-order valence-corrected chi connectivity index (χ0v) is 12.8. The number of nitrogens with one attached hydrogen (secondary N) is 1. The van der Waals surface area contributed by atoms with Crippen LogP contribution in [0, 0.1) is 13.7 Å². The Bertz CT molecular complexity index is 588. The van der Waals surface area contributed by atoms with Crippen LogP contribution in [-0.2, 0) is 6.54 Å². The van der Waals surface area contributed by atoms with E-state index < -0.39 is 4.92 Å². The summed E-state index contributed by atoms with van der Waals surface area (Å²) in [6.07, 6.45) is 0. The van der Waals surface area contributed by atoms with Gasteiger partial charge in [-0.2, -0.15) is 0 Å². The Labute approximate surface area is 126 Å². The monoisotopic (exact) mass is 394 g/mol. The van der Waals surface area contributed by atoms with Crippen LogP contribution in [0.15, 0.2) is 30.3 Å². The van der Waals surface area contributed by atoms with Crippen molar-refractivity contribution < 1.29 is 4.92 Å². The first-order valence-electron chi connectivity index (χ1n) is 4.98. The predicted octanol–water partition coefficient (Wildman–Crippen LogP) is 4.53. The van der Waals surface area contributed by atoms with Crippen LogP contribution in [0.3, 0.4) is 0 Å². The first-order chi connectivity index (χ1) is 8.56. The number of nitro groups is 1. The molecule has 0 fully saturated rings. The average Bonchev–Trinajstić information content (AvgIpc) is 2.73. The van der Waals surface area contributed by atoms with E-state index in [0.717, 1.165) is 18.5 Å². The molecule has 2 rings (SSSR count). The Morgan fingerprint density at radius 1 is 1.39 bits per heavy atom. The molecule has 0 bridgehead atoms. The Kier molecular flexibility index (Phi) is 4.41. The number of halogens is 2. The molecule has 0 saturated heterocycles. The van der Waals surface area contributed by atoms with E-state index in [9.17, 15) is 10.1 Å². The maximum Gasteiger partial charge on any atom is 0.270 e. The Balaban J connectivity index is 2.08. The molecule has 1 aromatic carbocycles. The van der Waals surface area contributed by atoms with Gasteiger partial charge in [-0.25, -0.2) is 0 Å². The van der Waals surface area contributed by atoms with Gasteiger partial charge in [-0.15, -0.1) is 11.3 Å². The molecule has 1 heterocycles. The second kappa shape index (κ2) is 5.85. The van der Waals surface area contributed by atoms with Crippen LogP contribution in [-0.4, -0.2) is 4.92 Å². The largest absolute Gasteiger partial charge is 0.379 e. The average molecular weight is 395 g/mol. The molecule has 1 aromatic heterocycles. The lowest BCUT2D eigenvalue weighted by molar-refractivity contribution is -0.384. The van der Waals surface area contributed by atoms with Crippen molar-refractivity contribution in [2.24, 2.45) is 0 Å². The first kappa shape index (κ1) is 13.6. The van der Waals surface area contributed by atoms with Crippen molar-refractivity contribution >= 4 is 56.9 Å². The molecule has 0 spiro atoms. The summed E-state index contributed by atoms with van der Waals surface area (Å²) < 4.78 is 1.58. The third kappa shape index (κ3) is 3.33. The molecule has 0 atom stereocenters. The van der Waals surface area contributed by atoms with Gasteiger partial charge in [-0.05, 0) is 40.8 Å². The lowest BCUT2D eigenvalue weighted by Gasteiger charge is -2.06. The third-order valence-electron chi connectivity index (χ3n) is 2.25. The van der Waals surface area contributed by atoms with Gasteiger partial charge >= 0.3 is 0 Å². The predicted molar refractivity (Wildman–Crippen MR) is 82.5 cm³/mol. The molecule has 0 radical (unpaired) electrons.